The second kappa shape index (κ2) is 10.8. The van der Waals surface area contributed by atoms with E-state index in [9.17, 15) is 0 Å². The lowest BCUT2D eigenvalue weighted by Crippen LogP contribution is -2.16. The molecule has 1 atom stereocenters. The van der Waals surface area contributed by atoms with Crippen molar-refractivity contribution in [2.24, 2.45) is 0 Å². The minimum Gasteiger partial charge on any atom is -0.313 e. The van der Waals surface area contributed by atoms with Gasteiger partial charge < -0.3 is 5.32 Å². The third-order valence-corrected chi connectivity index (χ3v) is 4.02. The molecule has 2 nitrogen and oxygen atoms in total. The lowest BCUT2D eigenvalue weighted by atomic mass is 10.00. The largest absolute Gasteiger partial charge is 0.313 e. The summed E-state index contributed by atoms with van der Waals surface area (Å²) in [5, 5.41) is 3.44. The minimum atomic E-state index is 0.483. The summed E-state index contributed by atoms with van der Waals surface area (Å²) in [4.78, 5) is 4.27. The van der Waals surface area contributed by atoms with E-state index in [4.69, 9.17) is 0 Å². The summed E-state index contributed by atoms with van der Waals surface area (Å²) in [6.45, 7) is 4.34. The fraction of sp³-hybridized carbons (Fsp3) is 0.722. The van der Waals surface area contributed by atoms with E-state index in [2.05, 4.69) is 43.3 Å². The predicted molar refractivity (Wildman–Crippen MR) is 88.0 cm³/mol. The van der Waals surface area contributed by atoms with Gasteiger partial charge in [0.1, 0.15) is 0 Å². The first-order valence-corrected chi connectivity index (χ1v) is 8.37. The molecule has 1 heterocycles. The molecule has 2 heteroatoms. The quantitative estimate of drug-likeness (QED) is 0.563. The van der Waals surface area contributed by atoms with Crippen LogP contribution in [0.5, 0.6) is 0 Å². The molecule has 0 saturated carbocycles. The van der Waals surface area contributed by atoms with Crippen molar-refractivity contribution in [1.82, 2.24) is 10.3 Å². The van der Waals surface area contributed by atoms with Crippen LogP contribution in [0, 0.1) is 6.92 Å². The first-order valence-electron chi connectivity index (χ1n) is 8.37. The van der Waals surface area contributed by atoms with E-state index in [1.54, 1.807) is 0 Å². The third kappa shape index (κ3) is 7.04. The minimum absolute atomic E-state index is 0.483. The van der Waals surface area contributed by atoms with Crippen LogP contribution in [-0.4, -0.2) is 12.0 Å². The molecular formula is C18H32N2. The van der Waals surface area contributed by atoms with E-state index in [1.807, 2.05) is 6.20 Å². The molecule has 1 rings (SSSR count). The van der Waals surface area contributed by atoms with E-state index < -0.39 is 0 Å². The summed E-state index contributed by atoms with van der Waals surface area (Å²) >= 11 is 0. The van der Waals surface area contributed by atoms with Gasteiger partial charge in [-0.05, 0) is 38.1 Å². The number of nitrogens with one attached hydrogen (secondary N) is 1. The van der Waals surface area contributed by atoms with Gasteiger partial charge in [-0.2, -0.15) is 0 Å². The standard InChI is InChI=1S/C18H32N2/c1-4-5-6-7-8-9-10-11-12-18(19-3)17-13-14-20-16(2)15-17/h13-15,18-19H,4-12H2,1-3H3. The first kappa shape index (κ1) is 17.2. The molecule has 0 aliphatic carbocycles. The molecule has 1 aromatic rings. The van der Waals surface area contributed by atoms with Crippen LogP contribution in [0.2, 0.25) is 0 Å². The van der Waals surface area contributed by atoms with E-state index in [0.717, 1.165) is 5.69 Å². The van der Waals surface area contributed by atoms with Gasteiger partial charge in [-0.1, -0.05) is 58.3 Å². The number of unbranched alkanes of at least 4 members (excludes halogenated alkanes) is 7. The lowest BCUT2D eigenvalue weighted by molar-refractivity contribution is 0.494. The number of pyridine rings is 1. The first-order chi connectivity index (χ1) is 9.77. The molecule has 1 aromatic heterocycles. The van der Waals surface area contributed by atoms with Crippen LogP contribution in [0.15, 0.2) is 18.3 Å². The van der Waals surface area contributed by atoms with Crippen molar-refractivity contribution >= 4 is 0 Å². The Morgan fingerprint density at radius 3 is 2.30 bits per heavy atom. The van der Waals surface area contributed by atoms with Gasteiger partial charge in [-0.25, -0.2) is 0 Å². The van der Waals surface area contributed by atoms with Gasteiger partial charge in [0.15, 0.2) is 0 Å². The average Bonchev–Trinajstić information content (AvgIpc) is 2.46. The van der Waals surface area contributed by atoms with Gasteiger partial charge >= 0.3 is 0 Å². The molecule has 0 amide bonds. The number of aryl methyl sites for hydroxylation is 1. The fourth-order valence-electron chi connectivity index (χ4n) is 2.74. The smallest absolute Gasteiger partial charge is 0.0375 e. The van der Waals surface area contributed by atoms with Crippen molar-refractivity contribution in [2.45, 2.75) is 77.7 Å². The highest BCUT2D eigenvalue weighted by Gasteiger charge is 2.08. The number of rotatable bonds is 11. The highest BCUT2D eigenvalue weighted by Crippen LogP contribution is 2.20. The summed E-state index contributed by atoms with van der Waals surface area (Å²) in [7, 11) is 2.06. The van der Waals surface area contributed by atoms with E-state index in [0.29, 0.717) is 6.04 Å². The molecular weight excluding hydrogens is 244 g/mol. The zero-order chi connectivity index (χ0) is 14.6. The van der Waals surface area contributed by atoms with Gasteiger partial charge in [-0.15, -0.1) is 0 Å². The van der Waals surface area contributed by atoms with Crippen LogP contribution < -0.4 is 5.32 Å². The maximum atomic E-state index is 4.27. The molecule has 1 unspecified atom stereocenters. The lowest BCUT2D eigenvalue weighted by Gasteiger charge is -2.16. The number of hydrogen-bond donors (Lipinski definition) is 1. The molecule has 20 heavy (non-hydrogen) atoms. The normalized spacial score (nSPS) is 12.6. The summed E-state index contributed by atoms with van der Waals surface area (Å²) in [5.41, 5.74) is 2.49. The topological polar surface area (TPSA) is 24.9 Å². The maximum Gasteiger partial charge on any atom is 0.0375 e. The highest BCUT2D eigenvalue weighted by atomic mass is 14.9. The van der Waals surface area contributed by atoms with Gasteiger partial charge in [0.05, 0.1) is 0 Å². The zero-order valence-electron chi connectivity index (χ0n) is 13.6. The Labute approximate surface area is 125 Å². The van der Waals surface area contributed by atoms with Crippen molar-refractivity contribution in [1.29, 1.82) is 0 Å². The predicted octanol–water partition coefficient (Wildman–Crippen LogP) is 5.18. The van der Waals surface area contributed by atoms with E-state index >= 15 is 0 Å². The summed E-state index contributed by atoms with van der Waals surface area (Å²) in [6, 6.07) is 4.82. The van der Waals surface area contributed by atoms with E-state index in [1.165, 1.54) is 63.4 Å². The van der Waals surface area contributed by atoms with Crippen LogP contribution >= 0.6 is 0 Å². The van der Waals surface area contributed by atoms with Crippen LogP contribution in [0.3, 0.4) is 0 Å². The number of hydrogen-bond acceptors (Lipinski definition) is 2. The molecule has 0 spiro atoms. The van der Waals surface area contributed by atoms with Gasteiger partial charge in [-0.3, -0.25) is 4.98 Å². The van der Waals surface area contributed by atoms with Crippen LogP contribution in [-0.2, 0) is 0 Å². The molecule has 0 fully saturated rings. The Balaban J connectivity index is 2.16. The Morgan fingerprint density at radius 2 is 1.70 bits per heavy atom. The van der Waals surface area contributed by atoms with Crippen molar-refractivity contribution in [3.05, 3.63) is 29.6 Å². The number of aromatic nitrogens is 1. The van der Waals surface area contributed by atoms with Crippen molar-refractivity contribution in [3.8, 4) is 0 Å². The van der Waals surface area contributed by atoms with Gasteiger partial charge in [0.2, 0.25) is 0 Å². The van der Waals surface area contributed by atoms with Crippen molar-refractivity contribution < 1.29 is 0 Å². The van der Waals surface area contributed by atoms with Crippen molar-refractivity contribution in [2.75, 3.05) is 7.05 Å². The monoisotopic (exact) mass is 276 g/mol. The van der Waals surface area contributed by atoms with Crippen molar-refractivity contribution in [3.63, 3.8) is 0 Å². The third-order valence-electron chi connectivity index (χ3n) is 4.02. The Morgan fingerprint density at radius 1 is 1.05 bits per heavy atom. The average molecular weight is 276 g/mol. The van der Waals surface area contributed by atoms with E-state index in [-0.39, 0.29) is 0 Å². The zero-order valence-corrected chi connectivity index (χ0v) is 13.6. The molecule has 1 N–H and O–H groups in total. The molecule has 0 aliphatic rings. The number of nitrogens with zero attached hydrogens (tertiary/aromatic N) is 1. The molecule has 114 valence electrons. The van der Waals surface area contributed by atoms with Gasteiger partial charge in [0.25, 0.3) is 0 Å². The Kier molecular flexibility index (Phi) is 9.31. The molecule has 0 bridgehead atoms. The molecule has 0 radical (unpaired) electrons. The SMILES string of the molecule is CCCCCCCCCCC(NC)c1ccnc(C)c1. The molecule has 0 saturated heterocycles. The van der Waals surface area contributed by atoms with Crippen LogP contribution in [0.25, 0.3) is 0 Å². The highest BCUT2D eigenvalue weighted by molar-refractivity contribution is 5.19. The second-order valence-electron chi connectivity index (χ2n) is 5.84. The summed E-state index contributed by atoms with van der Waals surface area (Å²) < 4.78 is 0. The maximum absolute atomic E-state index is 4.27. The Bertz CT molecular complexity index is 349. The summed E-state index contributed by atoms with van der Waals surface area (Å²) in [5.74, 6) is 0. The van der Waals surface area contributed by atoms with Crippen LogP contribution in [0.4, 0.5) is 0 Å². The fourth-order valence-corrected chi connectivity index (χ4v) is 2.74. The summed E-state index contributed by atoms with van der Waals surface area (Å²) in [6.07, 6.45) is 14.2. The molecule has 0 aliphatic heterocycles. The molecule has 0 aromatic carbocycles. The second-order valence-corrected chi connectivity index (χ2v) is 5.84. The van der Waals surface area contributed by atoms with Crippen LogP contribution in [0.1, 0.15) is 82.0 Å². The van der Waals surface area contributed by atoms with Gasteiger partial charge in [0, 0.05) is 17.9 Å². The Hall–Kier alpha value is -0.890.